The molecule has 10 aromatic carbocycles. The molecule has 1 saturated carbocycles. The average Bonchev–Trinajstić information content (AvgIpc) is 3.83. The van der Waals surface area contributed by atoms with Gasteiger partial charge in [-0.1, -0.05) is 48.6 Å². The molecule has 5 atom stereocenters. The molecular formula is C52H28F2O2. The SMILES string of the molecule is O=C(OCCCCC(F)(F)C1C2C3=CC4Cc5cc6c7c8c(cc9c%10c%11c%12c(cc%13c%12c%12c(c%14c%15c%16c(c5c7c%16c(c8%10)c%11c%12%15)C4C=%143)C21C=%13)C9)C6)c1ccccc1. The third-order valence-electron chi connectivity index (χ3n) is 17.2. The van der Waals surface area contributed by atoms with Crippen molar-refractivity contribution in [2.24, 2.45) is 17.8 Å². The van der Waals surface area contributed by atoms with Crippen molar-refractivity contribution in [1.82, 2.24) is 0 Å². The van der Waals surface area contributed by atoms with Gasteiger partial charge in [0.2, 0.25) is 0 Å². The summed E-state index contributed by atoms with van der Waals surface area (Å²) in [4.78, 5) is 12.6. The topological polar surface area (TPSA) is 26.3 Å². The quantitative estimate of drug-likeness (QED) is 0.0930. The number of fused-ring (bicyclic) bond motifs is 1. The van der Waals surface area contributed by atoms with Crippen molar-refractivity contribution in [3.8, 4) is 0 Å². The number of carbonyl (C=O) groups is 1. The van der Waals surface area contributed by atoms with Crippen molar-refractivity contribution in [1.29, 1.82) is 0 Å². The van der Waals surface area contributed by atoms with E-state index in [0.29, 0.717) is 24.3 Å². The summed E-state index contributed by atoms with van der Waals surface area (Å²) in [5.41, 5.74) is 12.7. The number of hydrogen-bond acceptors (Lipinski definition) is 2. The summed E-state index contributed by atoms with van der Waals surface area (Å²) in [6, 6.07) is 16.5. The largest absolute Gasteiger partial charge is 0.462 e. The van der Waals surface area contributed by atoms with Crippen molar-refractivity contribution in [3.63, 3.8) is 0 Å². The molecule has 0 amide bonds. The van der Waals surface area contributed by atoms with E-state index in [-0.39, 0.29) is 24.9 Å². The van der Waals surface area contributed by atoms with Gasteiger partial charge in [0.15, 0.2) is 0 Å². The predicted molar refractivity (Wildman–Crippen MR) is 217 cm³/mol. The molecule has 0 heterocycles. The highest BCUT2D eigenvalue weighted by Gasteiger charge is 2.77. The normalized spacial score (nSPS) is 26.1. The van der Waals surface area contributed by atoms with Gasteiger partial charge in [0.25, 0.3) is 5.92 Å². The molecule has 5 unspecified atom stereocenters. The molecule has 0 bridgehead atoms. The van der Waals surface area contributed by atoms with Crippen LogP contribution in [0.3, 0.4) is 0 Å². The number of alkyl halides is 2. The highest BCUT2D eigenvalue weighted by Crippen LogP contribution is 2.78. The molecule has 0 radical (unpaired) electrons. The van der Waals surface area contributed by atoms with Crippen molar-refractivity contribution < 1.29 is 18.3 Å². The van der Waals surface area contributed by atoms with Gasteiger partial charge in [0.05, 0.1) is 12.2 Å². The molecule has 0 saturated heterocycles. The summed E-state index contributed by atoms with van der Waals surface area (Å²) in [6.45, 7) is 0.152. The summed E-state index contributed by atoms with van der Waals surface area (Å²) in [7, 11) is 0. The highest BCUT2D eigenvalue weighted by molar-refractivity contribution is 6.58. The number of benzene rings is 6. The van der Waals surface area contributed by atoms with Crippen LogP contribution in [-0.2, 0) is 29.4 Å². The van der Waals surface area contributed by atoms with E-state index in [0.717, 1.165) is 19.3 Å². The third-order valence-corrected chi connectivity index (χ3v) is 17.2. The number of unbranched alkanes of at least 4 members (excludes halogenated alkanes) is 1. The van der Waals surface area contributed by atoms with Gasteiger partial charge in [-0.15, -0.1) is 0 Å². The second-order valence-electron chi connectivity index (χ2n) is 19.2. The van der Waals surface area contributed by atoms with Crippen molar-refractivity contribution in [3.05, 3.63) is 115 Å². The number of rotatable bonds is 7. The van der Waals surface area contributed by atoms with Crippen LogP contribution in [0.2, 0.25) is 0 Å². The third kappa shape index (κ3) is 2.28. The Labute approximate surface area is 316 Å². The molecule has 0 aliphatic heterocycles. The van der Waals surface area contributed by atoms with E-state index in [1.165, 1.54) is 141 Å². The zero-order valence-electron chi connectivity index (χ0n) is 30.1. The Balaban J connectivity index is 0.933. The zero-order chi connectivity index (χ0) is 35.8. The number of halogens is 2. The molecule has 262 valence electrons. The molecule has 0 N–H and O–H groups in total. The van der Waals surface area contributed by atoms with Crippen LogP contribution in [0.15, 0.2) is 60.2 Å². The second kappa shape index (κ2) is 7.60. The fourth-order valence-corrected chi connectivity index (χ4v) is 16.0. The van der Waals surface area contributed by atoms with Gasteiger partial charge in [0, 0.05) is 29.6 Å². The molecule has 1 spiro atoms. The first-order valence-corrected chi connectivity index (χ1v) is 20.8. The second-order valence-corrected chi connectivity index (χ2v) is 19.2. The fraction of sp³-hybridized carbons (Fsp3) is 0.250. The lowest BCUT2D eigenvalue weighted by Crippen LogP contribution is -2.33. The van der Waals surface area contributed by atoms with Crippen LogP contribution in [0.5, 0.6) is 0 Å². The van der Waals surface area contributed by atoms with Crippen molar-refractivity contribution >= 4 is 104 Å². The van der Waals surface area contributed by atoms with E-state index in [4.69, 9.17) is 4.74 Å². The Bertz CT molecular complexity index is 3890. The maximum Gasteiger partial charge on any atom is 0.338 e. The number of hydrogen-bond donors (Lipinski definition) is 0. The molecule has 2 nitrogen and oxygen atoms in total. The monoisotopic (exact) mass is 722 g/mol. The Morgan fingerprint density at radius 1 is 0.714 bits per heavy atom. The molecule has 8 aliphatic carbocycles. The number of allylic oxidation sites excluding steroid dienone is 2. The summed E-state index contributed by atoms with van der Waals surface area (Å²) in [6.07, 6.45) is 8.39. The minimum atomic E-state index is -2.87. The van der Waals surface area contributed by atoms with E-state index in [9.17, 15) is 4.79 Å². The highest BCUT2D eigenvalue weighted by atomic mass is 19.3. The standard InChI is InChI=1S/C52H28F2O2/c53-52(54,8-4-5-9-56-50(55)18-6-2-1-3-7-18)49-47-26-16-24-14-22-12-20-10-19-11-21-13-23-15-25-17-51(47,49)48-45-33(25)29(23)37-31(21)35-27(19)28(20)36-32(22)38-30(24)34(26)46(48)44-42(38)40(36)39(35)41(37)43(44)45/h1-3,6-7,11-12,15-17,24,30,47,49H,4-5,8-10,13-14H2. The Morgan fingerprint density at radius 3 is 2.18 bits per heavy atom. The van der Waals surface area contributed by atoms with Crippen LogP contribution in [0, 0.1) is 17.8 Å². The fourth-order valence-electron chi connectivity index (χ4n) is 16.0. The number of carbonyl (C=O) groups excluding carboxylic acids is 1. The molecule has 0 aromatic heterocycles. The molecular weight excluding hydrogens is 695 g/mol. The lowest BCUT2D eigenvalue weighted by molar-refractivity contribution is -0.0404. The summed E-state index contributed by atoms with van der Waals surface area (Å²) in [5, 5.41) is 26.1. The summed E-state index contributed by atoms with van der Waals surface area (Å²) < 4.78 is 40.4. The molecule has 8 aliphatic rings. The first-order chi connectivity index (χ1) is 27.5. The first kappa shape index (κ1) is 27.1. The zero-order valence-corrected chi connectivity index (χ0v) is 30.1. The number of ether oxygens (including phenoxy) is 1. The Hall–Kier alpha value is -5.61. The smallest absolute Gasteiger partial charge is 0.338 e. The van der Waals surface area contributed by atoms with Crippen LogP contribution in [0.4, 0.5) is 8.78 Å². The number of esters is 1. The molecule has 10 aromatic rings. The Kier molecular flexibility index (Phi) is 3.67. The Morgan fingerprint density at radius 2 is 1.38 bits per heavy atom. The summed E-state index contributed by atoms with van der Waals surface area (Å²) >= 11 is 0. The molecule has 56 heavy (non-hydrogen) atoms. The average molecular weight is 723 g/mol. The molecule has 1 fully saturated rings. The molecule has 18 rings (SSSR count). The van der Waals surface area contributed by atoms with Crippen LogP contribution < -0.4 is 10.4 Å². The molecule has 4 heteroatoms. The first-order valence-electron chi connectivity index (χ1n) is 20.8. The van der Waals surface area contributed by atoms with Gasteiger partial charge in [-0.25, -0.2) is 13.6 Å². The van der Waals surface area contributed by atoms with Crippen LogP contribution in [0.25, 0.3) is 97.8 Å². The maximum atomic E-state index is 17.5. The summed E-state index contributed by atoms with van der Waals surface area (Å²) in [5.74, 6) is -3.70. The van der Waals surface area contributed by atoms with Gasteiger partial charge in [-0.3, -0.25) is 0 Å². The van der Waals surface area contributed by atoms with Crippen LogP contribution in [0.1, 0.15) is 74.5 Å². The van der Waals surface area contributed by atoms with Crippen molar-refractivity contribution in [2.75, 3.05) is 6.61 Å². The van der Waals surface area contributed by atoms with E-state index < -0.39 is 23.2 Å². The van der Waals surface area contributed by atoms with Crippen LogP contribution >= 0.6 is 0 Å². The lowest BCUT2D eigenvalue weighted by atomic mass is 9.70. The van der Waals surface area contributed by atoms with Crippen LogP contribution in [-0.4, -0.2) is 18.5 Å². The minimum Gasteiger partial charge on any atom is -0.462 e. The van der Waals surface area contributed by atoms with E-state index in [2.05, 4.69) is 30.4 Å². The van der Waals surface area contributed by atoms with E-state index in [1.54, 1.807) is 29.8 Å². The van der Waals surface area contributed by atoms with Gasteiger partial charge in [-0.2, -0.15) is 0 Å². The van der Waals surface area contributed by atoms with Gasteiger partial charge >= 0.3 is 5.97 Å². The van der Waals surface area contributed by atoms with E-state index in [1.807, 2.05) is 6.07 Å². The lowest BCUT2D eigenvalue weighted by Gasteiger charge is -2.32. The van der Waals surface area contributed by atoms with Gasteiger partial charge in [-0.05, 0) is 197 Å². The van der Waals surface area contributed by atoms with Crippen molar-refractivity contribution in [2.45, 2.75) is 55.8 Å². The predicted octanol–water partition coefficient (Wildman–Crippen LogP) is 10.2. The van der Waals surface area contributed by atoms with Gasteiger partial charge < -0.3 is 4.74 Å². The van der Waals surface area contributed by atoms with E-state index >= 15 is 8.78 Å². The maximum absolute atomic E-state index is 17.5. The van der Waals surface area contributed by atoms with Gasteiger partial charge in [0.1, 0.15) is 0 Å². The minimum absolute atomic E-state index is 0.152.